The summed E-state index contributed by atoms with van der Waals surface area (Å²) in [5, 5.41) is 7.67. The SMILES string of the molecule is COc1cc(NC(=S)Nc2cc(Cl)ccc2C)c(OC)cc1Cl. The molecule has 0 spiro atoms. The number of ether oxygens (including phenoxy) is 2. The molecule has 122 valence electrons. The highest BCUT2D eigenvalue weighted by atomic mass is 35.5. The number of rotatable bonds is 4. The Morgan fingerprint density at radius 3 is 2.26 bits per heavy atom. The summed E-state index contributed by atoms with van der Waals surface area (Å²) < 4.78 is 10.5. The first-order chi connectivity index (χ1) is 10.9. The third kappa shape index (κ3) is 4.41. The van der Waals surface area contributed by atoms with E-state index in [1.807, 2.05) is 25.1 Å². The van der Waals surface area contributed by atoms with Crippen molar-refractivity contribution >= 4 is 51.9 Å². The number of nitrogens with one attached hydrogen (secondary N) is 2. The van der Waals surface area contributed by atoms with Gasteiger partial charge in [-0.2, -0.15) is 0 Å². The lowest BCUT2D eigenvalue weighted by Gasteiger charge is -2.16. The highest BCUT2D eigenvalue weighted by Crippen LogP contribution is 2.36. The molecule has 0 amide bonds. The minimum Gasteiger partial charge on any atom is -0.495 e. The zero-order valence-corrected chi connectivity index (χ0v) is 15.2. The Labute approximate surface area is 150 Å². The van der Waals surface area contributed by atoms with Gasteiger partial charge in [0.1, 0.15) is 11.5 Å². The second kappa shape index (κ2) is 7.73. The molecule has 0 bridgehead atoms. The number of hydrogen-bond donors (Lipinski definition) is 2. The monoisotopic (exact) mass is 370 g/mol. The maximum atomic E-state index is 6.09. The molecule has 0 aliphatic rings. The summed E-state index contributed by atoms with van der Waals surface area (Å²) in [6, 6.07) is 8.94. The average molecular weight is 371 g/mol. The molecule has 0 unspecified atom stereocenters. The molecule has 0 aliphatic heterocycles. The van der Waals surface area contributed by atoms with Crippen LogP contribution in [0.4, 0.5) is 11.4 Å². The van der Waals surface area contributed by atoms with Crippen molar-refractivity contribution in [3.63, 3.8) is 0 Å². The van der Waals surface area contributed by atoms with E-state index in [4.69, 9.17) is 44.9 Å². The Balaban J connectivity index is 2.21. The molecule has 0 atom stereocenters. The Morgan fingerprint density at radius 2 is 1.61 bits per heavy atom. The molecule has 0 heterocycles. The topological polar surface area (TPSA) is 42.5 Å². The van der Waals surface area contributed by atoms with Gasteiger partial charge >= 0.3 is 0 Å². The van der Waals surface area contributed by atoms with E-state index in [2.05, 4.69) is 10.6 Å². The van der Waals surface area contributed by atoms with Gasteiger partial charge in [0.05, 0.1) is 24.9 Å². The van der Waals surface area contributed by atoms with Gasteiger partial charge in [0.25, 0.3) is 0 Å². The smallest absolute Gasteiger partial charge is 0.175 e. The minimum atomic E-state index is 0.401. The van der Waals surface area contributed by atoms with Crippen LogP contribution in [0.1, 0.15) is 5.56 Å². The summed E-state index contributed by atoms with van der Waals surface area (Å²) in [4.78, 5) is 0. The van der Waals surface area contributed by atoms with Crippen LogP contribution in [0.15, 0.2) is 30.3 Å². The third-order valence-corrected chi connectivity index (χ3v) is 3.90. The summed E-state index contributed by atoms with van der Waals surface area (Å²) in [5.74, 6) is 1.08. The van der Waals surface area contributed by atoms with Crippen LogP contribution in [0.2, 0.25) is 10.0 Å². The second-order valence-electron chi connectivity index (χ2n) is 4.73. The van der Waals surface area contributed by atoms with Crippen molar-refractivity contribution in [2.45, 2.75) is 6.92 Å². The van der Waals surface area contributed by atoms with Gasteiger partial charge in [-0.3, -0.25) is 0 Å². The Morgan fingerprint density at radius 1 is 0.957 bits per heavy atom. The van der Waals surface area contributed by atoms with Crippen molar-refractivity contribution in [1.29, 1.82) is 0 Å². The van der Waals surface area contributed by atoms with E-state index in [9.17, 15) is 0 Å². The number of halogens is 2. The molecule has 2 aromatic carbocycles. The van der Waals surface area contributed by atoms with Crippen molar-refractivity contribution in [2.24, 2.45) is 0 Å². The van der Waals surface area contributed by atoms with Crippen LogP contribution in [-0.2, 0) is 0 Å². The normalized spacial score (nSPS) is 10.1. The van der Waals surface area contributed by atoms with Gasteiger partial charge in [-0.25, -0.2) is 0 Å². The predicted molar refractivity (Wildman–Crippen MR) is 101 cm³/mol. The quantitative estimate of drug-likeness (QED) is 0.730. The van der Waals surface area contributed by atoms with E-state index in [-0.39, 0.29) is 0 Å². The lowest BCUT2D eigenvalue weighted by atomic mass is 10.2. The maximum Gasteiger partial charge on any atom is 0.175 e. The second-order valence-corrected chi connectivity index (χ2v) is 5.98. The van der Waals surface area contributed by atoms with Crippen LogP contribution in [0, 0.1) is 6.92 Å². The first kappa shape index (κ1) is 17.7. The number of anilines is 2. The fourth-order valence-corrected chi connectivity index (χ4v) is 2.59. The van der Waals surface area contributed by atoms with E-state index in [0.717, 1.165) is 11.3 Å². The van der Waals surface area contributed by atoms with Gasteiger partial charge in [0.2, 0.25) is 0 Å². The van der Waals surface area contributed by atoms with Gasteiger partial charge in [-0.15, -0.1) is 0 Å². The van der Waals surface area contributed by atoms with Crippen molar-refractivity contribution in [2.75, 3.05) is 24.9 Å². The summed E-state index contributed by atoms with van der Waals surface area (Å²) in [7, 11) is 3.10. The molecule has 23 heavy (non-hydrogen) atoms. The van der Waals surface area contributed by atoms with Gasteiger partial charge in [0.15, 0.2) is 5.11 Å². The molecule has 0 aromatic heterocycles. The van der Waals surface area contributed by atoms with Crippen LogP contribution >= 0.6 is 35.4 Å². The van der Waals surface area contributed by atoms with Crippen LogP contribution in [-0.4, -0.2) is 19.3 Å². The van der Waals surface area contributed by atoms with E-state index < -0.39 is 0 Å². The molecule has 2 N–H and O–H groups in total. The molecular formula is C16H16Cl2N2O2S. The van der Waals surface area contributed by atoms with Crippen LogP contribution < -0.4 is 20.1 Å². The lowest BCUT2D eigenvalue weighted by Crippen LogP contribution is -2.20. The van der Waals surface area contributed by atoms with Crippen LogP contribution in [0.5, 0.6) is 11.5 Å². The Hall–Kier alpha value is -1.69. The third-order valence-electron chi connectivity index (χ3n) is 3.17. The molecular weight excluding hydrogens is 355 g/mol. The highest BCUT2D eigenvalue weighted by molar-refractivity contribution is 7.80. The summed E-state index contributed by atoms with van der Waals surface area (Å²) >= 11 is 17.4. The molecule has 7 heteroatoms. The molecule has 2 rings (SSSR count). The molecule has 0 saturated heterocycles. The van der Waals surface area contributed by atoms with Gasteiger partial charge in [0, 0.05) is 22.8 Å². The van der Waals surface area contributed by atoms with E-state index in [0.29, 0.717) is 32.3 Å². The fraction of sp³-hybridized carbons (Fsp3) is 0.188. The predicted octanol–water partition coefficient (Wildman–Crippen LogP) is 5.13. The standard InChI is InChI=1S/C16H16Cl2N2O2S/c1-9-4-5-10(17)6-12(9)19-16(23)20-13-8-14(21-2)11(18)7-15(13)22-3/h4-8H,1-3H3,(H2,19,20,23). The molecule has 2 aromatic rings. The summed E-state index contributed by atoms with van der Waals surface area (Å²) in [6.45, 7) is 1.97. The molecule has 4 nitrogen and oxygen atoms in total. The maximum absolute atomic E-state index is 6.09. The zero-order chi connectivity index (χ0) is 17.0. The number of hydrogen-bond acceptors (Lipinski definition) is 3. The zero-order valence-electron chi connectivity index (χ0n) is 12.9. The van der Waals surface area contributed by atoms with E-state index in [1.165, 1.54) is 0 Å². The molecule has 0 aliphatic carbocycles. The fourth-order valence-electron chi connectivity index (χ4n) is 1.96. The van der Waals surface area contributed by atoms with Crippen molar-refractivity contribution in [3.8, 4) is 11.5 Å². The van der Waals surface area contributed by atoms with Crippen molar-refractivity contribution < 1.29 is 9.47 Å². The number of benzene rings is 2. The number of thiocarbonyl (C=S) groups is 1. The van der Waals surface area contributed by atoms with Crippen molar-refractivity contribution in [1.82, 2.24) is 0 Å². The van der Waals surface area contributed by atoms with Gasteiger partial charge in [-0.05, 0) is 36.8 Å². The van der Waals surface area contributed by atoms with E-state index >= 15 is 0 Å². The van der Waals surface area contributed by atoms with Crippen molar-refractivity contribution in [3.05, 3.63) is 45.9 Å². The number of aryl methyl sites for hydroxylation is 1. The van der Waals surface area contributed by atoms with Crippen LogP contribution in [0.25, 0.3) is 0 Å². The molecule has 0 fully saturated rings. The minimum absolute atomic E-state index is 0.401. The van der Waals surface area contributed by atoms with E-state index in [1.54, 1.807) is 26.4 Å². The average Bonchev–Trinajstić information content (AvgIpc) is 2.52. The summed E-state index contributed by atoms with van der Waals surface area (Å²) in [5.41, 5.74) is 2.50. The Kier molecular flexibility index (Phi) is 5.93. The molecule has 0 saturated carbocycles. The van der Waals surface area contributed by atoms with Gasteiger partial charge in [-0.1, -0.05) is 29.3 Å². The lowest BCUT2D eigenvalue weighted by molar-refractivity contribution is 0.405. The Bertz CT molecular complexity index is 738. The summed E-state index contributed by atoms with van der Waals surface area (Å²) in [6.07, 6.45) is 0. The first-order valence-electron chi connectivity index (χ1n) is 6.70. The van der Waals surface area contributed by atoms with Gasteiger partial charge < -0.3 is 20.1 Å². The first-order valence-corrected chi connectivity index (χ1v) is 7.86. The highest BCUT2D eigenvalue weighted by Gasteiger charge is 2.11. The molecule has 0 radical (unpaired) electrons. The van der Waals surface area contributed by atoms with Crippen LogP contribution in [0.3, 0.4) is 0 Å². The largest absolute Gasteiger partial charge is 0.495 e. The number of methoxy groups -OCH3 is 2.